The van der Waals surface area contributed by atoms with E-state index >= 15 is 0 Å². The fourth-order valence-electron chi connectivity index (χ4n) is 4.60. The van der Waals surface area contributed by atoms with Gasteiger partial charge in [0.1, 0.15) is 11.8 Å². The second-order valence-electron chi connectivity index (χ2n) is 10.1. The van der Waals surface area contributed by atoms with E-state index in [0.29, 0.717) is 29.4 Å². The molecule has 0 saturated carbocycles. The summed E-state index contributed by atoms with van der Waals surface area (Å²) in [5.41, 5.74) is 2.26. The summed E-state index contributed by atoms with van der Waals surface area (Å²) >= 11 is 6.10. The second-order valence-corrected chi connectivity index (χ2v) is 12.5. The van der Waals surface area contributed by atoms with Crippen molar-refractivity contribution in [2.24, 2.45) is 0 Å². The molecular formula is C32H40ClN3O5S. The summed E-state index contributed by atoms with van der Waals surface area (Å²) < 4.78 is 31.7. The number of hydrogen-bond acceptors (Lipinski definition) is 5. The van der Waals surface area contributed by atoms with Crippen LogP contribution in [0.3, 0.4) is 0 Å². The first-order chi connectivity index (χ1) is 20.1. The van der Waals surface area contributed by atoms with Crippen LogP contribution in [0.5, 0.6) is 5.75 Å². The van der Waals surface area contributed by atoms with Gasteiger partial charge in [0.25, 0.3) is 0 Å². The summed E-state index contributed by atoms with van der Waals surface area (Å²) in [6, 6.07) is 22.8. The Morgan fingerprint density at radius 3 is 2.19 bits per heavy atom. The van der Waals surface area contributed by atoms with Gasteiger partial charge in [-0.05, 0) is 60.4 Å². The average molecular weight is 614 g/mol. The molecule has 3 aromatic rings. The predicted octanol–water partition coefficient (Wildman–Crippen LogP) is 5.45. The van der Waals surface area contributed by atoms with Crippen LogP contribution in [-0.4, -0.2) is 57.6 Å². The fraction of sp³-hybridized carbons (Fsp3) is 0.375. The van der Waals surface area contributed by atoms with Gasteiger partial charge in [0, 0.05) is 37.5 Å². The normalized spacial score (nSPS) is 11.9. The summed E-state index contributed by atoms with van der Waals surface area (Å²) in [6.07, 6.45) is 3.58. The Hall–Kier alpha value is -3.56. The third-order valence-corrected chi connectivity index (χ3v) is 8.33. The number of ether oxygens (including phenoxy) is 1. The molecule has 0 aliphatic heterocycles. The zero-order valence-corrected chi connectivity index (χ0v) is 26.0. The Morgan fingerprint density at radius 1 is 0.929 bits per heavy atom. The number of anilines is 1. The van der Waals surface area contributed by atoms with Gasteiger partial charge in [-0.3, -0.25) is 13.9 Å². The molecule has 0 aliphatic carbocycles. The van der Waals surface area contributed by atoms with E-state index in [1.165, 1.54) is 4.31 Å². The van der Waals surface area contributed by atoms with Gasteiger partial charge >= 0.3 is 0 Å². The number of benzene rings is 3. The predicted molar refractivity (Wildman–Crippen MR) is 168 cm³/mol. The number of nitrogens with one attached hydrogen (secondary N) is 1. The number of unbranched alkanes of at least 4 members (excludes halogenated alkanes) is 1. The van der Waals surface area contributed by atoms with Crippen LogP contribution in [0.15, 0.2) is 78.9 Å². The van der Waals surface area contributed by atoms with E-state index in [1.807, 2.05) is 42.5 Å². The molecule has 1 atom stereocenters. The van der Waals surface area contributed by atoms with E-state index in [4.69, 9.17) is 16.3 Å². The zero-order valence-electron chi connectivity index (χ0n) is 24.5. The molecule has 0 saturated heterocycles. The zero-order chi connectivity index (χ0) is 30.5. The van der Waals surface area contributed by atoms with Gasteiger partial charge in [-0.15, -0.1) is 0 Å². The number of carbonyl (C=O) groups excluding carboxylic acids is 2. The fourth-order valence-corrected chi connectivity index (χ4v) is 5.69. The van der Waals surface area contributed by atoms with Crippen LogP contribution < -0.4 is 14.4 Å². The van der Waals surface area contributed by atoms with E-state index < -0.39 is 16.1 Å². The third-order valence-electron chi connectivity index (χ3n) is 6.88. The smallest absolute Gasteiger partial charge is 0.243 e. The Kier molecular flexibility index (Phi) is 12.7. The van der Waals surface area contributed by atoms with Crippen molar-refractivity contribution >= 4 is 39.1 Å². The lowest BCUT2D eigenvalue weighted by molar-refractivity contribution is -0.141. The monoisotopic (exact) mass is 613 g/mol. The first kappa shape index (κ1) is 32.9. The van der Waals surface area contributed by atoms with E-state index in [9.17, 15) is 18.0 Å². The lowest BCUT2D eigenvalue weighted by atomic mass is 10.0. The summed E-state index contributed by atoms with van der Waals surface area (Å²) in [5.74, 6) is 0.159. The number of sulfonamides is 1. The Morgan fingerprint density at radius 2 is 1.60 bits per heavy atom. The van der Waals surface area contributed by atoms with Crippen molar-refractivity contribution < 1.29 is 22.7 Å². The van der Waals surface area contributed by atoms with E-state index in [1.54, 1.807) is 48.4 Å². The number of hydrogen-bond donors (Lipinski definition) is 1. The van der Waals surface area contributed by atoms with E-state index in [2.05, 4.69) is 12.2 Å². The number of carbonyl (C=O) groups is 2. The highest BCUT2D eigenvalue weighted by Gasteiger charge is 2.30. The first-order valence-corrected chi connectivity index (χ1v) is 16.3. The molecule has 3 rings (SSSR count). The summed E-state index contributed by atoms with van der Waals surface area (Å²) in [4.78, 5) is 29.0. The standard InChI is InChI=1S/C32H40ClN3O5S/c1-4-5-21-34-32(38)30(23-25-10-7-6-8-11-25)35(24-26-13-15-27(33)16-14-26)31(37)12-9-22-36(42(3,39)40)28-17-19-29(41-2)20-18-28/h6-8,10-11,13-20,30H,4-5,9,12,21-24H2,1-3H3,(H,34,38)/t30-/m1/s1. The van der Waals surface area contributed by atoms with Gasteiger partial charge < -0.3 is 15.0 Å². The van der Waals surface area contributed by atoms with Crippen LogP contribution in [0.4, 0.5) is 5.69 Å². The molecule has 0 aromatic heterocycles. The van der Waals surface area contributed by atoms with Crippen molar-refractivity contribution in [3.8, 4) is 5.75 Å². The SMILES string of the molecule is CCCCNC(=O)[C@@H](Cc1ccccc1)N(Cc1ccc(Cl)cc1)C(=O)CCCN(c1ccc(OC)cc1)S(C)(=O)=O. The summed E-state index contributed by atoms with van der Waals surface area (Å²) in [7, 11) is -2.06. The largest absolute Gasteiger partial charge is 0.497 e. The van der Waals surface area contributed by atoms with Crippen molar-refractivity contribution in [3.05, 3.63) is 95.0 Å². The molecule has 2 amide bonds. The maximum atomic E-state index is 13.9. The second kappa shape index (κ2) is 16.2. The summed E-state index contributed by atoms with van der Waals surface area (Å²) in [5, 5.41) is 3.59. The van der Waals surface area contributed by atoms with Crippen molar-refractivity contribution in [1.82, 2.24) is 10.2 Å². The van der Waals surface area contributed by atoms with E-state index in [-0.39, 0.29) is 37.7 Å². The molecule has 0 fully saturated rings. The molecule has 0 bridgehead atoms. The lowest BCUT2D eigenvalue weighted by Crippen LogP contribution is -2.50. The van der Waals surface area contributed by atoms with Crippen LogP contribution in [-0.2, 0) is 32.6 Å². The molecule has 226 valence electrons. The Labute approximate surface area is 254 Å². The number of amides is 2. The van der Waals surface area contributed by atoms with Crippen molar-refractivity contribution in [3.63, 3.8) is 0 Å². The molecular weight excluding hydrogens is 574 g/mol. The van der Waals surface area contributed by atoms with Crippen LogP contribution in [0.25, 0.3) is 0 Å². The number of methoxy groups -OCH3 is 1. The van der Waals surface area contributed by atoms with Crippen molar-refractivity contribution in [2.45, 2.75) is 51.6 Å². The molecule has 0 radical (unpaired) electrons. The van der Waals surface area contributed by atoms with Gasteiger partial charge in [-0.2, -0.15) is 0 Å². The molecule has 3 aromatic carbocycles. The maximum absolute atomic E-state index is 13.9. The van der Waals surface area contributed by atoms with E-state index in [0.717, 1.165) is 30.2 Å². The minimum absolute atomic E-state index is 0.0588. The highest BCUT2D eigenvalue weighted by Crippen LogP contribution is 2.23. The molecule has 8 nitrogen and oxygen atoms in total. The molecule has 0 spiro atoms. The van der Waals surface area contributed by atoms with Gasteiger partial charge in [0.05, 0.1) is 19.1 Å². The minimum atomic E-state index is -3.60. The van der Waals surface area contributed by atoms with Crippen molar-refractivity contribution in [1.29, 1.82) is 0 Å². The Balaban J connectivity index is 1.85. The van der Waals surface area contributed by atoms with Gasteiger partial charge in [0.2, 0.25) is 21.8 Å². The molecule has 10 heteroatoms. The Bertz CT molecular complexity index is 1380. The highest BCUT2D eigenvalue weighted by atomic mass is 35.5. The van der Waals surface area contributed by atoms with Gasteiger partial charge in [-0.25, -0.2) is 8.42 Å². The van der Waals surface area contributed by atoms with Gasteiger partial charge in [-0.1, -0.05) is 67.4 Å². The highest BCUT2D eigenvalue weighted by molar-refractivity contribution is 7.92. The van der Waals surface area contributed by atoms with Crippen molar-refractivity contribution in [2.75, 3.05) is 30.8 Å². The molecule has 0 aliphatic rings. The molecule has 0 unspecified atom stereocenters. The molecule has 0 heterocycles. The third kappa shape index (κ3) is 10.1. The molecule has 1 N–H and O–H groups in total. The van der Waals surface area contributed by atoms with Gasteiger partial charge in [0.15, 0.2) is 0 Å². The summed E-state index contributed by atoms with van der Waals surface area (Å²) in [6.45, 7) is 2.89. The first-order valence-electron chi connectivity index (χ1n) is 14.1. The van der Waals surface area contributed by atoms with Crippen LogP contribution in [0.2, 0.25) is 5.02 Å². The number of halogens is 1. The minimum Gasteiger partial charge on any atom is -0.497 e. The quantitative estimate of drug-likeness (QED) is 0.217. The number of nitrogens with zero attached hydrogens (tertiary/aromatic N) is 2. The average Bonchev–Trinajstić information content (AvgIpc) is 2.98. The topological polar surface area (TPSA) is 96.0 Å². The van der Waals surface area contributed by atoms with Crippen LogP contribution in [0.1, 0.15) is 43.7 Å². The lowest BCUT2D eigenvalue weighted by Gasteiger charge is -2.32. The number of rotatable bonds is 16. The van der Waals surface area contributed by atoms with Crippen LogP contribution >= 0.6 is 11.6 Å². The maximum Gasteiger partial charge on any atom is 0.243 e. The van der Waals surface area contributed by atoms with Crippen LogP contribution in [0, 0.1) is 0 Å². The molecule has 42 heavy (non-hydrogen) atoms.